The molecule has 0 saturated carbocycles. The number of methoxy groups -OCH3 is 2. The van der Waals surface area contributed by atoms with Crippen LogP contribution in [0.15, 0.2) is 48.5 Å². The molecule has 94 heavy (non-hydrogen) atoms. The van der Waals surface area contributed by atoms with Crippen molar-refractivity contribution in [1.29, 1.82) is 0 Å². The molecule has 0 bridgehead atoms. The molecule has 3 N–H and O–H groups in total. The molecule has 4 rings (SSSR count). The molecule has 2 aromatic rings. The van der Waals surface area contributed by atoms with Crippen molar-refractivity contribution in [3.63, 3.8) is 0 Å². The van der Waals surface area contributed by atoms with Gasteiger partial charge in [0.25, 0.3) is 0 Å². The number of benzene rings is 2. The maximum atomic E-state index is 13.4. The molecule has 26 heteroatoms. The largest absolute Gasteiger partial charge is 0.494 e. The SMILES string of the molecule is CCCOc1ccc(CCC(C(=O)OC)N2CCN(CC(=O)O)CCN(CC(=O)O)CCN(CC(=O)O)CC2)cc1.CCCOc1ccc(CCC(C(=O)OC)N2CCN(CC(=O)OC(C)(C)C)CCN(CC(=O)OC(C)(C)C)CCN(CC(=O)OC(C)(C)C)CC2)cc1. The Hall–Kier alpha value is -6.52. The number of carbonyl (C=O) groups excluding carboxylic acids is 5. The van der Waals surface area contributed by atoms with E-state index in [0.29, 0.717) is 144 Å². The zero-order valence-electron chi connectivity index (χ0n) is 58.5. The number of nitrogens with zero attached hydrogens (tertiary/aromatic N) is 8. The first-order chi connectivity index (χ1) is 44.3. The summed E-state index contributed by atoms with van der Waals surface area (Å²) in [6.45, 7) is 27.5. The maximum absolute atomic E-state index is 13.4. The quantitative estimate of drug-likeness (QED) is 0.0774. The van der Waals surface area contributed by atoms with Crippen LogP contribution in [0.3, 0.4) is 0 Å². The minimum atomic E-state index is -1.01. The fraction of sp³-hybridized carbons (Fsp3) is 0.706. The van der Waals surface area contributed by atoms with Gasteiger partial charge in [0.1, 0.15) is 40.4 Å². The van der Waals surface area contributed by atoms with E-state index in [1.807, 2.05) is 137 Å². The molecule has 2 aliphatic rings. The predicted molar refractivity (Wildman–Crippen MR) is 355 cm³/mol. The predicted octanol–water partition coefficient (Wildman–Crippen LogP) is 4.62. The topological polar surface area (TPSA) is 288 Å². The zero-order valence-corrected chi connectivity index (χ0v) is 58.5. The molecule has 0 aliphatic carbocycles. The van der Waals surface area contributed by atoms with Gasteiger partial charge < -0.3 is 48.5 Å². The third-order valence-electron chi connectivity index (χ3n) is 15.2. The first-order valence-electron chi connectivity index (χ1n) is 33.0. The zero-order chi connectivity index (χ0) is 70.0. The normalized spacial score (nSPS) is 17.4. The second-order valence-electron chi connectivity index (χ2n) is 26.8. The second-order valence-corrected chi connectivity index (χ2v) is 26.8. The van der Waals surface area contributed by atoms with Crippen LogP contribution in [0.4, 0.5) is 0 Å². The Balaban J connectivity index is 0.000000506. The lowest BCUT2D eigenvalue weighted by atomic mass is 10.0. The molecule has 2 heterocycles. The number of carbonyl (C=O) groups is 8. The monoisotopic (exact) mass is 1330 g/mol. The third-order valence-corrected chi connectivity index (χ3v) is 15.2. The molecule has 26 nitrogen and oxygen atoms in total. The first kappa shape index (κ1) is 81.7. The molecule has 2 fully saturated rings. The Kier molecular flexibility index (Phi) is 36.6. The van der Waals surface area contributed by atoms with Gasteiger partial charge in [-0.25, -0.2) is 0 Å². The van der Waals surface area contributed by atoms with Crippen molar-refractivity contribution >= 4 is 47.8 Å². The molecule has 2 saturated heterocycles. The molecule has 2 unspecified atom stereocenters. The molecule has 532 valence electrons. The smallest absolute Gasteiger partial charge is 0.323 e. The van der Waals surface area contributed by atoms with Crippen molar-refractivity contribution in [3.8, 4) is 11.5 Å². The van der Waals surface area contributed by atoms with Gasteiger partial charge in [0.2, 0.25) is 0 Å². The average molecular weight is 1330 g/mol. The van der Waals surface area contributed by atoms with Crippen LogP contribution in [0.2, 0.25) is 0 Å². The van der Waals surface area contributed by atoms with Crippen molar-refractivity contribution in [2.75, 3.05) is 171 Å². The molecule has 2 aromatic carbocycles. The van der Waals surface area contributed by atoms with E-state index in [9.17, 15) is 53.7 Å². The second kappa shape index (κ2) is 42.1. The van der Waals surface area contributed by atoms with Crippen LogP contribution in [-0.4, -0.2) is 303 Å². The van der Waals surface area contributed by atoms with Crippen molar-refractivity contribution in [2.24, 2.45) is 0 Å². The van der Waals surface area contributed by atoms with Gasteiger partial charge in [-0.2, -0.15) is 0 Å². The Morgan fingerprint density at radius 3 is 0.830 bits per heavy atom. The minimum Gasteiger partial charge on any atom is -0.494 e. The Labute approximate surface area is 557 Å². The third kappa shape index (κ3) is 35.8. The maximum Gasteiger partial charge on any atom is 0.323 e. The van der Waals surface area contributed by atoms with Gasteiger partial charge in [0.05, 0.1) is 66.7 Å². The Morgan fingerprint density at radius 2 is 0.617 bits per heavy atom. The highest BCUT2D eigenvalue weighted by molar-refractivity contribution is 5.76. The molecule has 0 radical (unpaired) electrons. The molecule has 2 atom stereocenters. The van der Waals surface area contributed by atoms with E-state index in [1.165, 1.54) is 14.2 Å². The van der Waals surface area contributed by atoms with E-state index in [4.69, 9.17) is 33.2 Å². The summed E-state index contributed by atoms with van der Waals surface area (Å²) in [4.78, 5) is 115. The van der Waals surface area contributed by atoms with Crippen LogP contribution in [0, 0.1) is 0 Å². The van der Waals surface area contributed by atoms with Crippen LogP contribution in [0.1, 0.15) is 113 Å². The number of aryl methyl sites for hydroxylation is 2. The van der Waals surface area contributed by atoms with Crippen molar-refractivity contribution < 1.29 is 86.8 Å². The van der Waals surface area contributed by atoms with Crippen LogP contribution < -0.4 is 9.47 Å². The lowest BCUT2D eigenvalue weighted by Gasteiger charge is -2.36. The fourth-order valence-electron chi connectivity index (χ4n) is 10.6. The highest BCUT2D eigenvalue weighted by Gasteiger charge is 2.32. The highest BCUT2D eigenvalue weighted by atomic mass is 16.6. The van der Waals surface area contributed by atoms with Gasteiger partial charge in [-0.3, -0.25) is 77.6 Å². The van der Waals surface area contributed by atoms with Crippen molar-refractivity contribution in [3.05, 3.63) is 59.7 Å². The van der Waals surface area contributed by atoms with E-state index in [2.05, 4.69) is 11.8 Å². The Bertz CT molecular complexity index is 2530. The average Bonchev–Trinajstić information content (AvgIpc) is 1.72. The highest BCUT2D eigenvalue weighted by Crippen LogP contribution is 2.21. The number of ether oxygens (including phenoxy) is 7. The molecule has 0 spiro atoms. The number of carboxylic acids is 3. The van der Waals surface area contributed by atoms with Crippen molar-refractivity contribution in [2.45, 2.75) is 144 Å². The van der Waals surface area contributed by atoms with Crippen LogP contribution >= 0.6 is 0 Å². The summed E-state index contributed by atoms with van der Waals surface area (Å²) in [7, 11) is 2.73. The standard InChI is InChI=1S/C40H68N4O9.C28H44N4O9/c1-12-27-50-32-16-13-31(14-17-32)15-18-33(37(48)49-11)44-25-23-42(29-35(46)52-39(5,6)7)21-19-41(28-34(45)51-38(2,3)4)20-22-43(24-26-44)30-36(47)53-40(8,9)10;1-3-18-41-23-7-4-22(5-8-23)6-9-24(28(39)40-2)32-16-14-30(20-26(35)36)12-10-29(19-25(33)34)11-13-31(15-17-32)21-27(37)38/h13-14,16-17,33H,12,15,18-30H2,1-11H3;4-5,7-8,24H,3,6,9-21H2,1-2H3,(H,33,34)(H,35,36)(H,37,38). The number of aliphatic carboxylic acids is 3. The summed E-state index contributed by atoms with van der Waals surface area (Å²) in [6.07, 6.45) is 4.01. The van der Waals surface area contributed by atoms with Gasteiger partial charge in [-0.1, -0.05) is 38.1 Å². The molecular formula is C68H112N8O18. The first-order valence-corrected chi connectivity index (χ1v) is 33.0. The van der Waals surface area contributed by atoms with Gasteiger partial charge in [-0.05, 0) is 136 Å². The van der Waals surface area contributed by atoms with Crippen LogP contribution in [0.5, 0.6) is 11.5 Å². The van der Waals surface area contributed by atoms with Gasteiger partial charge in [0.15, 0.2) is 0 Å². The van der Waals surface area contributed by atoms with Gasteiger partial charge >= 0.3 is 47.8 Å². The number of hydrogen-bond donors (Lipinski definition) is 3. The number of esters is 5. The van der Waals surface area contributed by atoms with E-state index in [-0.39, 0.29) is 63.1 Å². The lowest BCUT2D eigenvalue weighted by molar-refractivity contribution is -0.159. The molecule has 0 aromatic heterocycles. The molecule has 2 aliphatic heterocycles. The van der Waals surface area contributed by atoms with E-state index < -0.39 is 52.8 Å². The number of hydrogen-bond acceptors (Lipinski definition) is 23. The molecule has 0 amide bonds. The molecular weight excluding hydrogens is 1220 g/mol. The lowest BCUT2D eigenvalue weighted by Crippen LogP contribution is -2.52. The summed E-state index contributed by atoms with van der Waals surface area (Å²) >= 11 is 0. The van der Waals surface area contributed by atoms with Gasteiger partial charge in [-0.15, -0.1) is 0 Å². The van der Waals surface area contributed by atoms with Crippen LogP contribution in [-0.2, 0) is 74.9 Å². The van der Waals surface area contributed by atoms with E-state index >= 15 is 0 Å². The minimum absolute atomic E-state index is 0.0471. The van der Waals surface area contributed by atoms with E-state index in [0.717, 1.165) is 35.5 Å². The number of carboxylic acid groups (broad SMARTS) is 3. The van der Waals surface area contributed by atoms with Crippen LogP contribution in [0.25, 0.3) is 0 Å². The fourth-order valence-corrected chi connectivity index (χ4v) is 10.6. The van der Waals surface area contributed by atoms with Gasteiger partial charge in [0, 0.05) is 105 Å². The summed E-state index contributed by atoms with van der Waals surface area (Å²) in [5.74, 6) is -3.25. The Morgan fingerprint density at radius 1 is 0.383 bits per heavy atom. The van der Waals surface area contributed by atoms with E-state index in [1.54, 1.807) is 14.7 Å². The number of rotatable bonds is 28. The summed E-state index contributed by atoms with van der Waals surface area (Å²) in [6, 6.07) is 14.4. The summed E-state index contributed by atoms with van der Waals surface area (Å²) in [5.41, 5.74) is 0.163. The summed E-state index contributed by atoms with van der Waals surface area (Å²) < 4.78 is 38.9. The summed E-state index contributed by atoms with van der Waals surface area (Å²) in [5, 5.41) is 28.2. The van der Waals surface area contributed by atoms with Crippen molar-refractivity contribution in [1.82, 2.24) is 39.2 Å².